The molecule has 0 spiro atoms. The maximum absolute atomic E-state index is 4.91. The van der Waals surface area contributed by atoms with Crippen molar-refractivity contribution in [3.63, 3.8) is 0 Å². The molecule has 2 heterocycles. The number of imidazole rings is 1. The van der Waals surface area contributed by atoms with Crippen molar-refractivity contribution in [3.8, 4) is 0 Å². The number of likely N-dealkylation sites (tertiary alicyclic amines) is 1. The van der Waals surface area contributed by atoms with E-state index < -0.39 is 0 Å². The van der Waals surface area contributed by atoms with Crippen molar-refractivity contribution < 1.29 is 0 Å². The molecule has 4 heteroatoms. The van der Waals surface area contributed by atoms with Crippen molar-refractivity contribution >= 4 is 17.0 Å². The summed E-state index contributed by atoms with van der Waals surface area (Å²) in [6, 6.07) is 9.65. The topological polar surface area (TPSA) is 35.2 Å². The van der Waals surface area contributed by atoms with Gasteiger partial charge in [-0.3, -0.25) is 0 Å². The Morgan fingerprint density at radius 3 is 2.64 bits per heavy atom. The number of likely N-dealkylation sites (N-methyl/N-ethyl adjacent to an activating group) is 1. The van der Waals surface area contributed by atoms with Crippen molar-refractivity contribution in [1.29, 1.82) is 0 Å². The van der Waals surface area contributed by atoms with E-state index in [-0.39, 0.29) is 0 Å². The maximum Gasteiger partial charge on any atom is 0.204 e. The number of hydrogen-bond donors (Lipinski definition) is 1. The minimum atomic E-state index is 0.605. The number of fused-ring (bicyclic) bond motifs is 1. The fourth-order valence-electron chi connectivity index (χ4n) is 4.20. The van der Waals surface area contributed by atoms with Gasteiger partial charge < -0.3 is 14.8 Å². The molecule has 1 saturated heterocycles. The molecule has 4 nitrogen and oxygen atoms in total. The summed E-state index contributed by atoms with van der Waals surface area (Å²) in [5, 5.41) is 0. The summed E-state index contributed by atoms with van der Waals surface area (Å²) < 4.78 is 0. The quantitative estimate of drug-likeness (QED) is 0.943. The van der Waals surface area contributed by atoms with E-state index in [4.69, 9.17) is 4.98 Å². The zero-order valence-corrected chi connectivity index (χ0v) is 13.5. The molecule has 1 aliphatic carbocycles. The molecule has 4 rings (SSSR count). The van der Waals surface area contributed by atoms with Crippen LogP contribution in [0.15, 0.2) is 24.3 Å². The fourth-order valence-corrected chi connectivity index (χ4v) is 4.20. The van der Waals surface area contributed by atoms with Crippen LogP contribution in [0.1, 0.15) is 38.5 Å². The van der Waals surface area contributed by atoms with Crippen molar-refractivity contribution in [1.82, 2.24) is 14.9 Å². The first-order valence-corrected chi connectivity index (χ1v) is 8.73. The summed E-state index contributed by atoms with van der Waals surface area (Å²) >= 11 is 0. The molecule has 0 bridgehead atoms. The van der Waals surface area contributed by atoms with Gasteiger partial charge in [0.1, 0.15) is 0 Å². The Bertz CT molecular complexity index is 591. The average Bonchev–Trinajstić information content (AvgIpc) is 3.15. The Morgan fingerprint density at radius 1 is 1.09 bits per heavy atom. The number of benzene rings is 1. The van der Waals surface area contributed by atoms with E-state index in [0.29, 0.717) is 12.1 Å². The van der Waals surface area contributed by atoms with Crippen LogP contribution in [-0.4, -0.2) is 47.1 Å². The first kappa shape index (κ1) is 14.1. The number of anilines is 1. The Balaban J connectivity index is 1.68. The average molecular weight is 298 g/mol. The second-order valence-electron chi connectivity index (χ2n) is 6.98. The standard InChI is InChI=1S/C18H26N4/c1-21-12-11-15(13-21)22(14-7-3-2-4-8-14)18-19-16-9-5-6-10-17(16)20-18/h5-6,9-10,14-15H,2-4,7-8,11-13H2,1H3,(H,19,20). The van der Waals surface area contributed by atoms with E-state index in [1.807, 2.05) is 0 Å². The van der Waals surface area contributed by atoms with Crippen LogP contribution in [-0.2, 0) is 0 Å². The first-order chi connectivity index (χ1) is 10.8. The molecule has 2 aromatic rings. The van der Waals surface area contributed by atoms with Crippen LogP contribution in [0.4, 0.5) is 5.95 Å². The SMILES string of the molecule is CN1CCC(N(c2nc3ccccc3[nH]2)C2CCCCC2)C1. The third-order valence-corrected chi connectivity index (χ3v) is 5.35. The number of aromatic amines is 1. The molecule has 2 aliphatic rings. The molecule has 0 radical (unpaired) electrons. The van der Waals surface area contributed by atoms with Gasteiger partial charge in [0.05, 0.1) is 11.0 Å². The zero-order chi connectivity index (χ0) is 14.9. The van der Waals surface area contributed by atoms with Gasteiger partial charge in [-0.1, -0.05) is 31.4 Å². The lowest BCUT2D eigenvalue weighted by molar-refractivity contribution is 0.367. The van der Waals surface area contributed by atoms with Gasteiger partial charge in [-0.15, -0.1) is 0 Å². The number of para-hydroxylation sites is 2. The maximum atomic E-state index is 4.91. The van der Waals surface area contributed by atoms with Crippen LogP contribution < -0.4 is 4.90 Å². The predicted molar refractivity (Wildman–Crippen MR) is 91.3 cm³/mol. The lowest BCUT2D eigenvalue weighted by atomic mass is 9.93. The molecule has 1 aliphatic heterocycles. The van der Waals surface area contributed by atoms with Crippen molar-refractivity contribution in [2.75, 3.05) is 25.0 Å². The molecular formula is C18H26N4. The summed E-state index contributed by atoms with van der Waals surface area (Å²) in [4.78, 5) is 13.6. The van der Waals surface area contributed by atoms with Crippen molar-refractivity contribution in [2.24, 2.45) is 0 Å². The summed E-state index contributed by atoms with van der Waals surface area (Å²) in [7, 11) is 2.23. The van der Waals surface area contributed by atoms with Crippen LogP contribution in [0, 0.1) is 0 Å². The third kappa shape index (κ3) is 2.60. The normalized spacial score (nSPS) is 24.1. The highest BCUT2D eigenvalue weighted by molar-refractivity contribution is 5.77. The van der Waals surface area contributed by atoms with E-state index in [9.17, 15) is 0 Å². The van der Waals surface area contributed by atoms with Crippen molar-refractivity contribution in [3.05, 3.63) is 24.3 Å². The van der Waals surface area contributed by atoms with Crippen LogP contribution >= 0.6 is 0 Å². The van der Waals surface area contributed by atoms with Crippen LogP contribution in [0.2, 0.25) is 0 Å². The second kappa shape index (κ2) is 5.92. The van der Waals surface area contributed by atoms with E-state index in [1.54, 1.807) is 0 Å². The largest absolute Gasteiger partial charge is 0.335 e. The van der Waals surface area contributed by atoms with Gasteiger partial charge in [0.15, 0.2) is 0 Å². The molecule has 1 aromatic carbocycles. The molecule has 1 atom stereocenters. The summed E-state index contributed by atoms with van der Waals surface area (Å²) in [5.74, 6) is 1.09. The summed E-state index contributed by atoms with van der Waals surface area (Å²) in [6.07, 6.45) is 8.02. The lowest BCUT2D eigenvalue weighted by Gasteiger charge is -2.38. The van der Waals surface area contributed by atoms with Gasteiger partial charge >= 0.3 is 0 Å². The minimum Gasteiger partial charge on any atom is -0.335 e. The number of nitrogens with zero attached hydrogens (tertiary/aromatic N) is 3. The minimum absolute atomic E-state index is 0.605. The second-order valence-corrected chi connectivity index (χ2v) is 6.98. The third-order valence-electron chi connectivity index (χ3n) is 5.35. The van der Waals surface area contributed by atoms with Gasteiger partial charge in [-0.2, -0.15) is 0 Å². The monoisotopic (exact) mass is 298 g/mol. The molecule has 1 saturated carbocycles. The fraction of sp³-hybridized carbons (Fsp3) is 0.611. The van der Waals surface area contributed by atoms with Crippen LogP contribution in [0.25, 0.3) is 11.0 Å². The highest BCUT2D eigenvalue weighted by atomic mass is 15.3. The summed E-state index contributed by atoms with van der Waals surface area (Å²) in [6.45, 7) is 2.36. The Morgan fingerprint density at radius 2 is 1.91 bits per heavy atom. The van der Waals surface area contributed by atoms with Crippen molar-refractivity contribution in [2.45, 2.75) is 50.6 Å². The van der Waals surface area contributed by atoms with Gasteiger partial charge in [-0.25, -0.2) is 4.98 Å². The van der Waals surface area contributed by atoms with Gasteiger partial charge in [-0.05, 0) is 45.0 Å². The molecule has 1 N–H and O–H groups in total. The van der Waals surface area contributed by atoms with E-state index in [1.165, 1.54) is 45.1 Å². The molecule has 22 heavy (non-hydrogen) atoms. The van der Waals surface area contributed by atoms with E-state index >= 15 is 0 Å². The smallest absolute Gasteiger partial charge is 0.204 e. The Kier molecular flexibility index (Phi) is 3.78. The van der Waals surface area contributed by atoms with Crippen LogP contribution in [0.3, 0.4) is 0 Å². The number of H-pyrrole nitrogens is 1. The Labute approximate surface area is 132 Å². The number of aromatic nitrogens is 2. The van der Waals surface area contributed by atoms with Crippen LogP contribution in [0.5, 0.6) is 0 Å². The molecule has 1 unspecified atom stereocenters. The zero-order valence-electron chi connectivity index (χ0n) is 13.5. The highest BCUT2D eigenvalue weighted by Crippen LogP contribution is 2.31. The van der Waals surface area contributed by atoms with E-state index in [2.05, 4.69) is 46.1 Å². The van der Waals surface area contributed by atoms with Gasteiger partial charge in [0.2, 0.25) is 5.95 Å². The molecule has 0 amide bonds. The van der Waals surface area contributed by atoms with Gasteiger partial charge in [0, 0.05) is 18.6 Å². The molecule has 118 valence electrons. The highest BCUT2D eigenvalue weighted by Gasteiger charge is 2.33. The lowest BCUT2D eigenvalue weighted by Crippen LogP contribution is -2.46. The molecule has 2 fully saturated rings. The number of hydrogen-bond acceptors (Lipinski definition) is 3. The number of rotatable bonds is 3. The molecular weight excluding hydrogens is 272 g/mol. The molecule has 1 aromatic heterocycles. The van der Waals surface area contributed by atoms with E-state index in [0.717, 1.165) is 23.5 Å². The number of nitrogens with one attached hydrogen (secondary N) is 1. The Hall–Kier alpha value is -1.55. The first-order valence-electron chi connectivity index (χ1n) is 8.73. The van der Waals surface area contributed by atoms with Gasteiger partial charge in [0.25, 0.3) is 0 Å². The summed E-state index contributed by atoms with van der Waals surface area (Å²) in [5.41, 5.74) is 2.24. The predicted octanol–water partition coefficient (Wildman–Crippen LogP) is 3.41.